The van der Waals surface area contributed by atoms with Gasteiger partial charge in [0.05, 0.1) is 12.7 Å². The number of carboxylic acid groups (broad SMARTS) is 1. The van der Waals surface area contributed by atoms with Crippen LogP contribution in [0.5, 0.6) is 0 Å². The van der Waals surface area contributed by atoms with Gasteiger partial charge in [0.2, 0.25) is 0 Å². The summed E-state index contributed by atoms with van der Waals surface area (Å²) < 4.78 is 4.57. The molecule has 4 heteroatoms. The van der Waals surface area contributed by atoms with Crippen molar-refractivity contribution in [2.45, 2.75) is 12.8 Å². The first-order chi connectivity index (χ1) is 7.97. The molecule has 17 heavy (non-hydrogen) atoms. The fraction of sp³-hybridized carbons (Fsp3) is 0.231. The number of methoxy groups -OCH3 is 1. The van der Waals surface area contributed by atoms with Crippen LogP contribution in [0.4, 0.5) is 0 Å². The van der Waals surface area contributed by atoms with Crippen molar-refractivity contribution in [3.8, 4) is 0 Å². The lowest BCUT2D eigenvalue weighted by molar-refractivity contribution is -0.132. The van der Waals surface area contributed by atoms with Crippen molar-refractivity contribution in [2.24, 2.45) is 0 Å². The number of hydrogen-bond donors (Lipinski definition) is 1. The molecule has 1 unspecified atom stereocenters. The third kappa shape index (κ3) is 2.93. The van der Waals surface area contributed by atoms with E-state index in [2.05, 4.69) is 11.3 Å². The fourth-order valence-corrected chi connectivity index (χ4v) is 1.41. The predicted octanol–water partition coefficient (Wildman–Crippen LogP) is 2.22. The average Bonchev–Trinajstić information content (AvgIpc) is 2.36. The van der Waals surface area contributed by atoms with Gasteiger partial charge < -0.3 is 9.84 Å². The second-order valence-electron chi connectivity index (χ2n) is 3.67. The maximum absolute atomic E-state index is 11.2. The molecule has 0 fully saturated rings. The molecule has 0 aromatic heterocycles. The summed E-state index contributed by atoms with van der Waals surface area (Å²) in [6.07, 6.45) is 0. The minimum atomic E-state index is -1.02. The summed E-state index contributed by atoms with van der Waals surface area (Å²) in [6.45, 7) is 5.27. The minimum absolute atomic E-state index is 0.121. The molecular formula is C13H14O4. The quantitative estimate of drug-likeness (QED) is 0.641. The smallest absolute Gasteiger partial charge is 0.337 e. The van der Waals surface area contributed by atoms with Gasteiger partial charge >= 0.3 is 11.9 Å². The molecule has 1 aromatic rings. The van der Waals surface area contributed by atoms with Crippen LogP contribution < -0.4 is 0 Å². The van der Waals surface area contributed by atoms with Crippen molar-refractivity contribution in [1.82, 2.24) is 0 Å². The van der Waals surface area contributed by atoms with Crippen LogP contribution in [-0.4, -0.2) is 24.2 Å². The normalized spacial score (nSPS) is 11.6. The van der Waals surface area contributed by atoms with E-state index in [-0.39, 0.29) is 11.5 Å². The Balaban J connectivity index is 2.91. The van der Waals surface area contributed by atoms with Gasteiger partial charge in [0.1, 0.15) is 0 Å². The van der Waals surface area contributed by atoms with Crippen molar-refractivity contribution < 1.29 is 19.4 Å². The lowest BCUT2D eigenvalue weighted by Crippen LogP contribution is -2.08. The summed E-state index contributed by atoms with van der Waals surface area (Å²) in [5, 5.41) is 8.82. The van der Waals surface area contributed by atoms with Gasteiger partial charge in [-0.25, -0.2) is 9.59 Å². The zero-order valence-electron chi connectivity index (χ0n) is 9.77. The Morgan fingerprint density at radius 1 is 1.29 bits per heavy atom. The van der Waals surface area contributed by atoms with Crippen LogP contribution in [0, 0.1) is 0 Å². The van der Waals surface area contributed by atoms with Gasteiger partial charge in [0, 0.05) is 11.5 Å². The number of ether oxygens (including phenoxy) is 1. The van der Waals surface area contributed by atoms with Gasteiger partial charge in [0.25, 0.3) is 0 Å². The molecular weight excluding hydrogens is 220 g/mol. The second-order valence-corrected chi connectivity index (χ2v) is 3.67. The molecule has 0 bridgehead atoms. The van der Waals surface area contributed by atoms with E-state index >= 15 is 0 Å². The molecule has 0 amide bonds. The predicted molar refractivity (Wildman–Crippen MR) is 63.0 cm³/mol. The molecule has 1 aromatic carbocycles. The van der Waals surface area contributed by atoms with Crippen molar-refractivity contribution in [1.29, 1.82) is 0 Å². The van der Waals surface area contributed by atoms with Crippen molar-refractivity contribution in [2.75, 3.05) is 7.11 Å². The highest BCUT2D eigenvalue weighted by Gasteiger charge is 2.15. The van der Waals surface area contributed by atoms with E-state index < -0.39 is 11.9 Å². The Kier molecular flexibility index (Phi) is 4.04. The fourth-order valence-electron chi connectivity index (χ4n) is 1.41. The molecule has 1 atom stereocenters. The zero-order valence-corrected chi connectivity index (χ0v) is 9.77. The molecule has 0 aliphatic rings. The first kappa shape index (κ1) is 13.0. The largest absolute Gasteiger partial charge is 0.478 e. The van der Waals surface area contributed by atoms with Crippen LogP contribution in [0.3, 0.4) is 0 Å². The van der Waals surface area contributed by atoms with E-state index in [0.717, 1.165) is 5.56 Å². The Morgan fingerprint density at radius 3 is 2.24 bits per heavy atom. The van der Waals surface area contributed by atoms with Crippen molar-refractivity contribution in [3.63, 3.8) is 0 Å². The number of aliphatic carboxylic acids is 1. The van der Waals surface area contributed by atoms with Crippen LogP contribution in [0.1, 0.15) is 28.8 Å². The Morgan fingerprint density at radius 2 is 1.82 bits per heavy atom. The highest BCUT2D eigenvalue weighted by Crippen LogP contribution is 2.23. The van der Waals surface area contributed by atoms with Crippen molar-refractivity contribution >= 4 is 11.9 Å². The van der Waals surface area contributed by atoms with Crippen molar-refractivity contribution in [3.05, 3.63) is 47.5 Å². The third-order valence-electron chi connectivity index (χ3n) is 2.63. The summed E-state index contributed by atoms with van der Waals surface area (Å²) >= 11 is 0. The van der Waals surface area contributed by atoms with Gasteiger partial charge in [-0.15, -0.1) is 0 Å². The lowest BCUT2D eigenvalue weighted by atomic mass is 9.93. The van der Waals surface area contributed by atoms with Crippen LogP contribution in [0.2, 0.25) is 0 Å². The van der Waals surface area contributed by atoms with E-state index in [1.165, 1.54) is 7.11 Å². The average molecular weight is 234 g/mol. The first-order valence-corrected chi connectivity index (χ1v) is 5.07. The Labute approximate surface area is 99.5 Å². The maximum atomic E-state index is 11.2. The van der Waals surface area contributed by atoms with Gasteiger partial charge in [-0.05, 0) is 17.7 Å². The topological polar surface area (TPSA) is 63.6 Å². The SMILES string of the molecule is C=C(C(=O)O)C(C)c1ccc(C(=O)OC)cc1. The number of esters is 1. The minimum Gasteiger partial charge on any atom is -0.478 e. The molecule has 0 saturated carbocycles. The second kappa shape index (κ2) is 5.30. The highest BCUT2D eigenvalue weighted by molar-refractivity contribution is 5.90. The molecule has 0 heterocycles. The highest BCUT2D eigenvalue weighted by atomic mass is 16.5. The third-order valence-corrected chi connectivity index (χ3v) is 2.63. The monoisotopic (exact) mass is 234 g/mol. The molecule has 90 valence electrons. The van der Waals surface area contributed by atoms with E-state index in [1.807, 2.05) is 0 Å². The summed E-state index contributed by atoms with van der Waals surface area (Å²) in [5.41, 5.74) is 1.35. The number of carboxylic acids is 1. The summed E-state index contributed by atoms with van der Waals surface area (Å²) in [6, 6.07) is 6.61. The molecule has 4 nitrogen and oxygen atoms in total. The molecule has 0 radical (unpaired) electrons. The van der Waals surface area contributed by atoms with Crippen LogP contribution in [0.15, 0.2) is 36.4 Å². The van der Waals surface area contributed by atoms with E-state index in [1.54, 1.807) is 31.2 Å². The number of carbonyl (C=O) groups excluding carboxylic acids is 1. The number of rotatable bonds is 4. The molecule has 0 spiro atoms. The Bertz CT molecular complexity index is 445. The molecule has 1 N–H and O–H groups in total. The summed E-state index contributed by atoms with van der Waals surface area (Å²) in [5.74, 6) is -1.73. The van der Waals surface area contributed by atoms with E-state index in [0.29, 0.717) is 5.56 Å². The van der Waals surface area contributed by atoms with Gasteiger partial charge in [0.15, 0.2) is 0 Å². The molecule has 0 saturated heterocycles. The maximum Gasteiger partial charge on any atom is 0.337 e. The Hall–Kier alpha value is -2.10. The number of hydrogen-bond acceptors (Lipinski definition) is 3. The number of benzene rings is 1. The lowest BCUT2D eigenvalue weighted by Gasteiger charge is -2.11. The molecule has 1 rings (SSSR count). The van der Waals surface area contributed by atoms with Gasteiger partial charge in [-0.2, -0.15) is 0 Å². The first-order valence-electron chi connectivity index (χ1n) is 5.07. The van der Waals surface area contributed by atoms with Gasteiger partial charge in [-0.3, -0.25) is 0 Å². The number of carbonyl (C=O) groups is 2. The van der Waals surface area contributed by atoms with Crippen LogP contribution in [-0.2, 0) is 9.53 Å². The standard InChI is InChI=1S/C13H14O4/c1-8(9(2)12(14)15)10-4-6-11(7-5-10)13(16)17-3/h4-8H,2H2,1,3H3,(H,14,15). The van der Waals surface area contributed by atoms with Crippen LogP contribution in [0.25, 0.3) is 0 Å². The van der Waals surface area contributed by atoms with Crippen LogP contribution >= 0.6 is 0 Å². The molecule has 0 aliphatic heterocycles. The van der Waals surface area contributed by atoms with E-state index in [9.17, 15) is 9.59 Å². The zero-order chi connectivity index (χ0) is 13.0. The molecule has 0 aliphatic carbocycles. The van der Waals surface area contributed by atoms with E-state index in [4.69, 9.17) is 5.11 Å². The van der Waals surface area contributed by atoms with Gasteiger partial charge in [-0.1, -0.05) is 25.6 Å². The summed E-state index contributed by atoms with van der Waals surface area (Å²) in [4.78, 5) is 22.0. The summed E-state index contributed by atoms with van der Waals surface area (Å²) in [7, 11) is 1.31.